The highest BCUT2D eigenvalue weighted by Gasteiger charge is 2.20. The smallest absolute Gasteiger partial charge is 0.338 e. The van der Waals surface area contributed by atoms with Crippen LogP contribution in [0.1, 0.15) is 48.4 Å². The second kappa shape index (κ2) is 9.78. The van der Waals surface area contributed by atoms with Crippen molar-refractivity contribution < 1.29 is 19.1 Å². The molecular formula is C23H25N3O4S. The molecule has 0 aliphatic heterocycles. The van der Waals surface area contributed by atoms with E-state index in [4.69, 9.17) is 4.74 Å². The van der Waals surface area contributed by atoms with E-state index < -0.39 is 5.25 Å². The van der Waals surface area contributed by atoms with Crippen LogP contribution in [-0.4, -0.2) is 39.1 Å². The highest BCUT2D eigenvalue weighted by molar-refractivity contribution is 8.00. The zero-order chi connectivity index (χ0) is 22.5. The molecule has 0 aliphatic carbocycles. The number of hydrogen-bond donors (Lipinski definition) is 1. The number of carbonyl (C=O) groups is 3. The lowest BCUT2D eigenvalue weighted by Crippen LogP contribution is -2.23. The predicted molar refractivity (Wildman–Crippen MR) is 122 cm³/mol. The Morgan fingerprint density at radius 2 is 1.90 bits per heavy atom. The van der Waals surface area contributed by atoms with Gasteiger partial charge in [0.15, 0.2) is 10.9 Å². The molecule has 7 nitrogen and oxygen atoms in total. The lowest BCUT2D eigenvalue weighted by Gasteiger charge is -2.13. The summed E-state index contributed by atoms with van der Waals surface area (Å²) in [6.45, 7) is 8.04. The minimum Gasteiger partial charge on any atom is -0.462 e. The maximum Gasteiger partial charge on any atom is 0.338 e. The fourth-order valence-corrected chi connectivity index (χ4v) is 4.10. The number of nitrogens with one attached hydrogen (secondary N) is 1. The van der Waals surface area contributed by atoms with Crippen molar-refractivity contribution in [3.05, 3.63) is 53.6 Å². The van der Waals surface area contributed by atoms with Gasteiger partial charge >= 0.3 is 5.97 Å². The lowest BCUT2D eigenvalue weighted by atomic mass is 10.1. The topological polar surface area (TPSA) is 90.3 Å². The van der Waals surface area contributed by atoms with E-state index in [2.05, 4.69) is 10.3 Å². The van der Waals surface area contributed by atoms with Gasteiger partial charge in [-0.2, -0.15) is 0 Å². The second-order valence-corrected chi connectivity index (χ2v) is 8.26. The molecule has 0 saturated carbocycles. The molecule has 31 heavy (non-hydrogen) atoms. The highest BCUT2D eigenvalue weighted by atomic mass is 32.2. The molecule has 0 saturated heterocycles. The van der Waals surface area contributed by atoms with Crippen molar-refractivity contribution in [3.63, 3.8) is 0 Å². The standard InChI is InChI=1S/C23H25N3O4S/c1-5-26-20-11-10-17(22(29)30-6-2)13-19(20)25-23(26)31-15(4)21(28)24-18-9-7-8-16(12-18)14(3)27/h7-13,15H,5-6H2,1-4H3,(H,24,28)/t15-/m1/s1. The molecule has 0 fully saturated rings. The van der Waals surface area contributed by atoms with Crippen molar-refractivity contribution in [2.45, 2.75) is 44.6 Å². The summed E-state index contributed by atoms with van der Waals surface area (Å²) < 4.78 is 7.07. The van der Waals surface area contributed by atoms with E-state index in [0.717, 1.165) is 5.52 Å². The number of imidazole rings is 1. The van der Waals surface area contributed by atoms with E-state index in [-0.39, 0.29) is 17.7 Å². The minimum absolute atomic E-state index is 0.0580. The molecule has 0 bridgehead atoms. The van der Waals surface area contributed by atoms with Crippen LogP contribution >= 0.6 is 11.8 Å². The second-order valence-electron chi connectivity index (χ2n) is 6.95. The Balaban J connectivity index is 1.79. The number of fused-ring (bicyclic) bond motifs is 1. The first-order valence-electron chi connectivity index (χ1n) is 10.1. The van der Waals surface area contributed by atoms with Crippen LogP contribution in [0, 0.1) is 0 Å². The van der Waals surface area contributed by atoms with Crippen LogP contribution in [0.5, 0.6) is 0 Å². The molecule has 1 atom stereocenters. The molecule has 1 amide bonds. The van der Waals surface area contributed by atoms with Gasteiger partial charge in [0.2, 0.25) is 5.91 Å². The molecule has 1 N–H and O–H groups in total. The molecule has 3 aromatic rings. The van der Waals surface area contributed by atoms with E-state index in [1.54, 1.807) is 50.2 Å². The Morgan fingerprint density at radius 1 is 1.13 bits per heavy atom. The number of amides is 1. The quantitative estimate of drug-likeness (QED) is 0.314. The van der Waals surface area contributed by atoms with Crippen LogP contribution in [0.15, 0.2) is 47.6 Å². The van der Waals surface area contributed by atoms with Gasteiger partial charge in [-0.05, 0) is 58.0 Å². The van der Waals surface area contributed by atoms with Gasteiger partial charge in [0.1, 0.15) is 0 Å². The number of esters is 1. The summed E-state index contributed by atoms with van der Waals surface area (Å²) in [7, 11) is 0. The van der Waals surface area contributed by atoms with Crippen molar-refractivity contribution in [1.82, 2.24) is 9.55 Å². The number of ether oxygens (including phenoxy) is 1. The number of thioether (sulfide) groups is 1. The van der Waals surface area contributed by atoms with Gasteiger partial charge in [-0.25, -0.2) is 9.78 Å². The number of hydrogen-bond acceptors (Lipinski definition) is 6. The molecule has 162 valence electrons. The lowest BCUT2D eigenvalue weighted by molar-refractivity contribution is -0.115. The van der Waals surface area contributed by atoms with Crippen molar-refractivity contribution in [1.29, 1.82) is 0 Å². The van der Waals surface area contributed by atoms with E-state index >= 15 is 0 Å². The molecule has 8 heteroatoms. The Bertz CT molecular complexity index is 1140. The Hall–Kier alpha value is -3.13. The first kappa shape index (κ1) is 22.6. The molecule has 0 radical (unpaired) electrons. The van der Waals surface area contributed by atoms with Crippen molar-refractivity contribution >= 4 is 46.1 Å². The summed E-state index contributed by atoms with van der Waals surface area (Å²) in [6, 6.07) is 12.1. The minimum atomic E-state index is -0.423. The molecule has 1 aromatic heterocycles. The Labute approximate surface area is 185 Å². The summed E-state index contributed by atoms with van der Waals surface area (Å²) in [5, 5.41) is 3.13. The van der Waals surface area contributed by atoms with Crippen LogP contribution in [0.3, 0.4) is 0 Å². The van der Waals surface area contributed by atoms with Crippen LogP contribution < -0.4 is 5.32 Å². The monoisotopic (exact) mass is 439 g/mol. The number of ketones is 1. The van der Waals surface area contributed by atoms with Gasteiger partial charge < -0.3 is 14.6 Å². The number of aryl methyl sites for hydroxylation is 1. The third-order valence-corrected chi connectivity index (χ3v) is 5.82. The van der Waals surface area contributed by atoms with Crippen LogP contribution in [-0.2, 0) is 16.1 Å². The number of anilines is 1. The summed E-state index contributed by atoms with van der Waals surface area (Å²) in [5.41, 5.74) is 3.13. The number of benzene rings is 2. The van der Waals surface area contributed by atoms with E-state index in [1.807, 2.05) is 17.6 Å². The number of nitrogens with zero attached hydrogens (tertiary/aromatic N) is 2. The number of rotatable bonds is 8. The maximum atomic E-state index is 12.7. The van der Waals surface area contributed by atoms with E-state index in [0.29, 0.717) is 40.6 Å². The van der Waals surface area contributed by atoms with Crippen LogP contribution in [0.25, 0.3) is 11.0 Å². The summed E-state index contributed by atoms with van der Waals surface area (Å²) in [6.07, 6.45) is 0. The summed E-state index contributed by atoms with van der Waals surface area (Å²) >= 11 is 1.34. The van der Waals surface area contributed by atoms with Crippen molar-refractivity contribution in [3.8, 4) is 0 Å². The average molecular weight is 440 g/mol. The Morgan fingerprint density at radius 3 is 2.58 bits per heavy atom. The number of aromatic nitrogens is 2. The average Bonchev–Trinajstić information content (AvgIpc) is 3.09. The zero-order valence-electron chi connectivity index (χ0n) is 18.0. The van der Waals surface area contributed by atoms with Gasteiger partial charge in [0, 0.05) is 17.8 Å². The predicted octanol–water partition coefficient (Wildman–Crippen LogP) is 4.55. The number of Topliss-reactive ketones (excluding diaryl/α,β-unsaturated/α-hetero) is 1. The molecule has 2 aromatic carbocycles. The highest BCUT2D eigenvalue weighted by Crippen LogP contribution is 2.28. The molecule has 1 heterocycles. The van der Waals surface area contributed by atoms with Gasteiger partial charge in [-0.3, -0.25) is 9.59 Å². The fourth-order valence-electron chi connectivity index (χ4n) is 3.12. The molecule has 0 unspecified atom stereocenters. The maximum absolute atomic E-state index is 12.7. The Kier molecular flexibility index (Phi) is 7.12. The normalized spacial score (nSPS) is 11.9. The van der Waals surface area contributed by atoms with Crippen molar-refractivity contribution in [2.75, 3.05) is 11.9 Å². The van der Waals surface area contributed by atoms with Gasteiger partial charge in [0.05, 0.1) is 28.5 Å². The van der Waals surface area contributed by atoms with Crippen LogP contribution in [0.2, 0.25) is 0 Å². The van der Waals surface area contributed by atoms with Gasteiger partial charge in [-0.15, -0.1) is 0 Å². The summed E-state index contributed by atoms with van der Waals surface area (Å²) in [5.74, 6) is -0.629. The fraction of sp³-hybridized carbons (Fsp3) is 0.304. The van der Waals surface area contributed by atoms with Gasteiger partial charge in [-0.1, -0.05) is 23.9 Å². The first-order valence-corrected chi connectivity index (χ1v) is 11.0. The number of carbonyl (C=O) groups excluding carboxylic acids is 3. The van der Waals surface area contributed by atoms with Gasteiger partial charge in [0.25, 0.3) is 0 Å². The summed E-state index contributed by atoms with van der Waals surface area (Å²) in [4.78, 5) is 40.9. The van der Waals surface area contributed by atoms with Crippen LogP contribution in [0.4, 0.5) is 5.69 Å². The molecular weight excluding hydrogens is 414 g/mol. The first-order chi connectivity index (χ1) is 14.8. The zero-order valence-corrected chi connectivity index (χ0v) is 18.8. The largest absolute Gasteiger partial charge is 0.462 e. The van der Waals surface area contributed by atoms with E-state index in [9.17, 15) is 14.4 Å². The SMILES string of the molecule is CCOC(=O)c1ccc2c(c1)nc(S[C@H](C)C(=O)Nc1cccc(C(C)=O)c1)n2CC. The molecule has 0 spiro atoms. The van der Waals surface area contributed by atoms with E-state index in [1.165, 1.54) is 18.7 Å². The van der Waals surface area contributed by atoms with Crippen molar-refractivity contribution in [2.24, 2.45) is 0 Å². The third kappa shape index (κ3) is 5.14. The molecule has 3 rings (SSSR count). The third-order valence-electron chi connectivity index (χ3n) is 4.73. The molecule has 0 aliphatic rings.